The Kier molecular flexibility index (Phi) is 12.4. The van der Waals surface area contributed by atoms with Crippen LogP contribution in [0.2, 0.25) is 0 Å². The van der Waals surface area contributed by atoms with Crippen molar-refractivity contribution in [3.8, 4) is 0 Å². The molecular weight excluding hydrogens is 538 g/mol. The average molecular weight is 598 g/mol. The van der Waals surface area contributed by atoms with Gasteiger partial charge in [0.25, 0.3) is 0 Å². The van der Waals surface area contributed by atoms with Gasteiger partial charge in [-0.05, 0) is 93.5 Å². The molecule has 10 nitrogen and oxygen atoms in total. The number of cyclic esters (lactones) is 1. The normalized spacial score (nSPS) is 40.2. The van der Waals surface area contributed by atoms with E-state index in [9.17, 15) is 14.7 Å². The highest BCUT2D eigenvalue weighted by atomic mass is 16.7. The van der Waals surface area contributed by atoms with Crippen molar-refractivity contribution in [2.45, 2.75) is 116 Å². The van der Waals surface area contributed by atoms with Crippen molar-refractivity contribution >= 4 is 11.8 Å². The third-order valence-corrected chi connectivity index (χ3v) is 9.92. The molecule has 0 bridgehead atoms. The van der Waals surface area contributed by atoms with Gasteiger partial charge < -0.3 is 33.9 Å². The van der Waals surface area contributed by atoms with Crippen LogP contribution in [-0.2, 0) is 28.5 Å². The Balaban J connectivity index is 1.96. The largest absolute Gasteiger partial charge is 0.463 e. The van der Waals surface area contributed by atoms with Crippen molar-refractivity contribution in [2.75, 3.05) is 61.0 Å². The molecule has 0 spiro atoms. The molecule has 3 saturated heterocycles. The van der Waals surface area contributed by atoms with Crippen LogP contribution in [-0.4, -0.2) is 135 Å². The summed E-state index contributed by atoms with van der Waals surface area (Å²) >= 11 is 0. The van der Waals surface area contributed by atoms with Crippen LogP contribution in [0, 0.1) is 17.3 Å². The summed E-state index contributed by atoms with van der Waals surface area (Å²) in [6, 6.07) is -0.154. The van der Waals surface area contributed by atoms with E-state index in [2.05, 4.69) is 23.8 Å². The molecule has 0 radical (unpaired) electrons. The smallest absolute Gasteiger partial charge is 0.319 e. The molecular formula is C32H59N3O7. The van der Waals surface area contributed by atoms with E-state index in [1.807, 2.05) is 32.8 Å². The van der Waals surface area contributed by atoms with Gasteiger partial charge in [0.15, 0.2) is 12.1 Å². The highest BCUT2D eigenvalue weighted by Gasteiger charge is 2.51. The van der Waals surface area contributed by atoms with Gasteiger partial charge >= 0.3 is 5.97 Å². The summed E-state index contributed by atoms with van der Waals surface area (Å²) in [5, 5.41) is 11.3. The van der Waals surface area contributed by atoms with Crippen molar-refractivity contribution in [3.05, 3.63) is 0 Å². The van der Waals surface area contributed by atoms with Gasteiger partial charge in [0.1, 0.15) is 18.1 Å². The molecule has 0 aromatic heterocycles. The third kappa shape index (κ3) is 8.31. The van der Waals surface area contributed by atoms with Gasteiger partial charge in [-0.15, -0.1) is 0 Å². The van der Waals surface area contributed by atoms with Crippen LogP contribution in [0.25, 0.3) is 0 Å². The lowest BCUT2D eigenvalue weighted by Gasteiger charge is -2.47. The van der Waals surface area contributed by atoms with Gasteiger partial charge in [0.2, 0.25) is 0 Å². The summed E-state index contributed by atoms with van der Waals surface area (Å²) in [4.78, 5) is 34.4. The van der Waals surface area contributed by atoms with Gasteiger partial charge in [-0.25, -0.2) is 0 Å². The van der Waals surface area contributed by atoms with E-state index in [1.165, 1.54) is 19.3 Å². The van der Waals surface area contributed by atoms with E-state index in [0.717, 1.165) is 26.2 Å². The van der Waals surface area contributed by atoms with E-state index in [-0.39, 0.29) is 36.5 Å². The second-order valence-corrected chi connectivity index (χ2v) is 14.3. The molecule has 244 valence electrons. The lowest BCUT2D eigenvalue weighted by Crippen LogP contribution is -2.59. The van der Waals surface area contributed by atoms with Gasteiger partial charge in [0.05, 0.1) is 23.9 Å². The molecule has 9 atom stereocenters. The minimum atomic E-state index is -1.39. The monoisotopic (exact) mass is 597 g/mol. The minimum absolute atomic E-state index is 0.00895. The number of ether oxygens (including phenoxy) is 4. The molecule has 42 heavy (non-hydrogen) atoms. The summed E-state index contributed by atoms with van der Waals surface area (Å²) in [6.45, 7) is 15.1. The van der Waals surface area contributed by atoms with E-state index in [0.29, 0.717) is 12.8 Å². The highest BCUT2D eigenvalue weighted by molar-refractivity contribution is 6.04. The first kappa shape index (κ1) is 35.3. The number of piperidine rings is 1. The summed E-state index contributed by atoms with van der Waals surface area (Å²) in [7, 11) is 7.59. The summed E-state index contributed by atoms with van der Waals surface area (Å²) < 4.78 is 24.9. The van der Waals surface area contributed by atoms with Gasteiger partial charge in [-0.3, -0.25) is 14.5 Å². The number of likely N-dealkylation sites (N-methyl/N-ethyl adjacent to an activating group) is 2. The molecule has 0 saturated carbocycles. The van der Waals surface area contributed by atoms with Crippen molar-refractivity contribution in [3.63, 3.8) is 0 Å². The quantitative estimate of drug-likeness (QED) is 0.363. The molecule has 3 heterocycles. The number of aliphatic hydroxyl groups is 1. The molecule has 3 aliphatic heterocycles. The van der Waals surface area contributed by atoms with Crippen molar-refractivity contribution in [2.24, 2.45) is 17.3 Å². The maximum Gasteiger partial charge on any atom is 0.319 e. The summed E-state index contributed by atoms with van der Waals surface area (Å²) in [6.07, 6.45) is 2.11. The maximum absolute atomic E-state index is 14.1. The predicted molar refractivity (Wildman–Crippen MR) is 162 cm³/mol. The van der Waals surface area contributed by atoms with E-state index >= 15 is 0 Å². The second kappa shape index (κ2) is 14.8. The molecule has 3 fully saturated rings. The molecule has 3 aliphatic rings. The Bertz CT molecular complexity index is 895. The number of carbonyl (C=O) groups is 2. The Morgan fingerprint density at radius 2 is 1.71 bits per heavy atom. The van der Waals surface area contributed by atoms with Crippen LogP contribution < -0.4 is 0 Å². The number of esters is 1. The van der Waals surface area contributed by atoms with Crippen LogP contribution >= 0.6 is 0 Å². The molecule has 3 rings (SSSR count). The number of aliphatic hydroxyl groups excluding tert-OH is 1. The number of ketones is 1. The van der Waals surface area contributed by atoms with E-state index in [4.69, 9.17) is 18.9 Å². The number of Topliss-reactive ketones (excluding diaryl/α,β-unsaturated/α-hetero) is 1. The third-order valence-electron chi connectivity index (χ3n) is 9.92. The second-order valence-electron chi connectivity index (χ2n) is 14.3. The molecule has 0 aromatic carbocycles. The number of nitrogens with zero attached hydrogens (tertiary/aromatic N) is 3. The van der Waals surface area contributed by atoms with Crippen LogP contribution in [0.3, 0.4) is 0 Å². The van der Waals surface area contributed by atoms with Crippen molar-refractivity contribution < 1.29 is 33.6 Å². The standard InChI is InChI=1S/C32H59N3O7/c1-21-17-32(6,39-10)28(42-29-26(36)25(33(7)8)16-22(2)41-29)23(3)27(37)31(4,5)30(38)40-20-24(34(9)18-21)19-35-14-12-11-13-15-35/h21-26,28-29,36H,11-20H2,1-10H3/t21-,22-,23+,24-,25+,26-,28-,29+,32-/m1/s1. The topological polar surface area (TPSA) is 101 Å². The lowest BCUT2D eigenvalue weighted by atomic mass is 9.74. The SMILES string of the molecule is CO[C@]1(C)C[C@@H](C)CN(C)[C@H](CN2CCCCC2)COC(=O)C(C)(C)C(=O)[C@H](C)[C@H]1O[C@@H]1O[C@H](C)C[C@H](N(C)C)[C@H]1O. The summed E-state index contributed by atoms with van der Waals surface area (Å²) in [5.74, 6) is -1.38. The van der Waals surface area contributed by atoms with Crippen LogP contribution in [0.5, 0.6) is 0 Å². The molecule has 0 aliphatic carbocycles. The Labute approximate surface area is 254 Å². The van der Waals surface area contributed by atoms with Crippen LogP contribution in [0.15, 0.2) is 0 Å². The van der Waals surface area contributed by atoms with E-state index in [1.54, 1.807) is 27.9 Å². The molecule has 1 N–H and O–H groups in total. The number of carbonyl (C=O) groups excluding carboxylic acids is 2. The van der Waals surface area contributed by atoms with E-state index < -0.39 is 41.4 Å². The zero-order valence-electron chi connectivity index (χ0n) is 27.9. The molecule has 10 heteroatoms. The average Bonchev–Trinajstić information content (AvgIpc) is 2.94. The first-order valence-corrected chi connectivity index (χ1v) is 15.9. The van der Waals surface area contributed by atoms with Crippen molar-refractivity contribution in [1.29, 1.82) is 0 Å². The molecule has 0 unspecified atom stereocenters. The first-order valence-electron chi connectivity index (χ1n) is 15.9. The Morgan fingerprint density at radius 1 is 1.07 bits per heavy atom. The van der Waals surface area contributed by atoms with Crippen LogP contribution in [0.1, 0.15) is 73.6 Å². The molecule has 0 amide bonds. The van der Waals surface area contributed by atoms with Gasteiger partial charge in [-0.2, -0.15) is 0 Å². The maximum atomic E-state index is 14.1. The zero-order valence-corrected chi connectivity index (χ0v) is 27.9. The van der Waals surface area contributed by atoms with Crippen LogP contribution in [0.4, 0.5) is 0 Å². The van der Waals surface area contributed by atoms with Crippen molar-refractivity contribution in [1.82, 2.24) is 14.7 Å². The number of likely N-dealkylation sites (tertiary alicyclic amines) is 1. The molecule has 0 aromatic rings. The fourth-order valence-electron chi connectivity index (χ4n) is 7.22. The number of hydrogen-bond donors (Lipinski definition) is 1. The summed E-state index contributed by atoms with van der Waals surface area (Å²) in [5.41, 5.74) is -2.29. The number of hydrogen-bond acceptors (Lipinski definition) is 10. The number of rotatable bonds is 6. The Hall–Kier alpha value is -1.14. The minimum Gasteiger partial charge on any atom is -0.463 e. The predicted octanol–water partition coefficient (Wildman–Crippen LogP) is 2.80. The number of methoxy groups -OCH3 is 1. The Morgan fingerprint density at radius 3 is 2.31 bits per heavy atom. The van der Waals surface area contributed by atoms with Gasteiger partial charge in [-0.1, -0.05) is 20.3 Å². The first-order chi connectivity index (χ1) is 19.6. The van der Waals surface area contributed by atoms with Gasteiger partial charge in [0, 0.05) is 32.2 Å². The zero-order chi connectivity index (χ0) is 31.4. The highest BCUT2D eigenvalue weighted by Crippen LogP contribution is 2.38. The fraction of sp³-hybridized carbons (Fsp3) is 0.938. The lowest BCUT2D eigenvalue weighted by molar-refractivity contribution is -0.295. The fourth-order valence-corrected chi connectivity index (χ4v) is 7.22.